The Labute approximate surface area is 155 Å². The second kappa shape index (κ2) is 7.25. The zero-order valence-electron chi connectivity index (χ0n) is 14.5. The van der Waals surface area contributed by atoms with Crippen molar-refractivity contribution in [3.05, 3.63) is 47.2 Å². The number of hydrogen-bond acceptors (Lipinski definition) is 6. The number of rotatable bonds is 4. The standard InChI is InChI=1S/C18H20N6OS/c1-12-5-6-16(26-12)14-10-15(23-22-14)17(25)21-13-4-2-9-24(11-13)18-19-7-3-8-20-18/h3,5-8,10,13H,2,4,9,11H2,1H3,(H,21,25)(H,22,23)/t13-/m0/s1. The number of anilines is 1. The van der Waals surface area contributed by atoms with Crippen LogP contribution in [-0.4, -0.2) is 45.2 Å². The van der Waals surface area contributed by atoms with Crippen molar-refractivity contribution in [1.29, 1.82) is 0 Å². The molecule has 1 aliphatic heterocycles. The van der Waals surface area contributed by atoms with E-state index in [0.717, 1.165) is 30.0 Å². The lowest BCUT2D eigenvalue weighted by atomic mass is 10.1. The summed E-state index contributed by atoms with van der Waals surface area (Å²) in [4.78, 5) is 25.6. The van der Waals surface area contributed by atoms with E-state index in [1.54, 1.807) is 29.8 Å². The molecule has 4 heterocycles. The predicted octanol–water partition coefficient (Wildman–Crippen LogP) is 2.64. The van der Waals surface area contributed by atoms with E-state index in [2.05, 4.69) is 43.4 Å². The second-order valence-electron chi connectivity index (χ2n) is 6.38. The first kappa shape index (κ1) is 16.7. The van der Waals surface area contributed by atoms with Gasteiger partial charge in [0.1, 0.15) is 0 Å². The van der Waals surface area contributed by atoms with Crippen LogP contribution in [0, 0.1) is 6.92 Å². The molecule has 1 atom stereocenters. The summed E-state index contributed by atoms with van der Waals surface area (Å²) in [7, 11) is 0. The van der Waals surface area contributed by atoms with Gasteiger partial charge in [0.05, 0.1) is 10.6 Å². The van der Waals surface area contributed by atoms with E-state index in [1.807, 2.05) is 12.1 Å². The summed E-state index contributed by atoms with van der Waals surface area (Å²) in [6, 6.07) is 7.76. The highest BCUT2D eigenvalue weighted by molar-refractivity contribution is 7.15. The molecule has 26 heavy (non-hydrogen) atoms. The van der Waals surface area contributed by atoms with Crippen LogP contribution in [0.25, 0.3) is 10.6 Å². The van der Waals surface area contributed by atoms with Crippen LogP contribution in [-0.2, 0) is 0 Å². The molecule has 0 spiro atoms. The summed E-state index contributed by atoms with van der Waals surface area (Å²) >= 11 is 1.68. The van der Waals surface area contributed by atoms with Crippen LogP contribution < -0.4 is 10.2 Å². The van der Waals surface area contributed by atoms with Crippen molar-refractivity contribution in [3.8, 4) is 10.6 Å². The molecule has 1 amide bonds. The van der Waals surface area contributed by atoms with Gasteiger partial charge in [-0.1, -0.05) is 0 Å². The Morgan fingerprint density at radius 1 is 1.35 bits per heavy atom. The maximum Gasteiger partial charge on any atom is 0.272 e. The first-order valence-electron chi connectivity index (χ1n) is 8.64. The maximum atomic E-state index is 12.6. The summed E-state index contributed by atoms with van der Waals surface area (Å²) in [5.74, 6) is 0.558. The molecule has 0 saturated carbocycles. The smallest absolute Gasteiger partial charge is 0.272 e. The summed E-state index contributed by atoms with van der Waals surface area (Å²) in [6.45, 7) is 3.67. The Hall–Kier alpha value is -2.74. The number of nitrogens with zero attached hydrogens (tertiary/aromatic N) is 4. The number of aromatic amines is 1. The van der Waals surface area contributed by atoms with Crippen molar-refractivity contribution in [1.82, 2.24) is 25.5 Å². The lowest BCUT2D eigenvalue weighted by Gasteiger charge is -2.32. The minimum atomic E-state index is -0.151. The Morgan fingerprint density at radius 3 is 2.96 bits per heavy atom. The summed E-state index contributed by atoms with van der Waals surface area (Å²) in [5.41, 5.74) is 1.29. The number of carbonyl (C=O) groups is 1. The van der Waals surface area contributed by atoms with Crippen molar-refractivity contribution < 1.29 is 4.79 Å². The molecule has 4 rings (SSSR count). The third-order valence-corrected chi connectivity index (χ3v) is 5.44. The van der Waals surface area contributed by atoms with Gasteiger partial charge in [-0.2, -0.15) is 5.10 Å². The van der Waals surface area contributed by atoms with Crippen molar-refractivity contribution in [3.63, 3.8) is 0 Å². The average molecular weight is 368 g/mol. The van der Waals surface area contributed by atoms with Gasteiger partial charge in [-0.25, -0.2) is 9.97 Å². The molecule has 3 aromatic rings. The Balaban J connectivity index is 1.41. The normalized spacial score (nSPS) is 17.3. The number of nitrogens with one attached hydrogen (secondary N) is 2. The highest BCUT2D eigenvalue weighted by Gasteiger charge is 2.24. The SMILES string of the molecule is Cc1ccc(-c2cc(C(=O)N[C@H]3CCCN(c4ncccn4)C3)n[nH]2)s1. The summed E-state index contributed by atoms with van der Waals surface area (Å²) in [5, 5.41) is 10.2. The van der Waals surface area contributed by atoms with E-state index in [4.69, 9.17) is 0 Å². The third kappa shape index (κ3) is 3.60. The largest absolute Gasteiger partial charge is 0.346 e. The molecule has 0 bridgehead atoms. The molecule has 8 heteroatoms. The number of amides is 1. The van der Waals surface area contributed by atoms with E-state index in [9.17, 15) is 4.79 Å². The number of thiophene rings is 1. The number of piperidine rings is 1. The summed E-state index contributed by atoms with van der Waals surface area (Å²) in [6.07, 6.45) is 5.41. The van der Waals surface area contributed by atoms with Gasteiger partial charge in [-0.3, -0.25) is 9.89 Å². The molecular weight excluding hydrogens is 348 g/mol. The van der Waals surface area contributed by atoms with E-state index in [-0.39, 0.29) is 11.9 Å². The molecule has 0 radical (unpaired) electrons. The summed E-state index contributed by atoms with van der Waals surface area (Å²) < 4.78 is 0. The Bertz CT molecular complexity index is 890. The topological polar surface area (TPSA) is 86.8 Å². The predicted molar refractivity (Wildman–Crippen MR) is 101 cm³/mol. The van der Waals surface area contributed by atoms with Crippen molar-refractivity contribution in [2.24, 2.45) is 0 Å². The minimum absolute atomic E-state index is 0.0594. The van der Waals surface area contributed by atoms with Gasteiger partial charge in [0, 0.05) is 36.4 Å². The van der Waals surface area contributed by atoms with Gasteiger partial charge in [-0.05, 0) is 44.0 Å². The van der Waals surface area contributed by atoms with E-state index in [1.165, 1.54) is 4.88 Å². The third-order valence-electron chi connectivity index (χ3n) is 4.41. The van der Waals surface area contributed by atoms with Gasteiger partial charge in [-0.15, -0.1) is 11.3 Å². The zero-order valence-corrected chi connectivity index (χ0v) is 15.3. The van der Waals surface area contributed by atoms with Gasteiger partial charge >= 0.3 is 0 Å². The van der Waals surface area contributed by atoms with E-state index < -0.39 is 0 Å². The van der Waals surface area contributed by atoms with Gasteiger partial charge in [0.2, 0.25) is 5.95 Å². The van der Waals surface area contributed by atoms with Gasteiger partial charge in [0.15, 0.2) is 5.69 Å². The molecule has 7 nitrogen and oxygen atoms in total. The molecule has 0 aromatic carbocycles. The maximum absolute atomic E-state index is 12.6. The molecule has 1 fully saturated rings. The number of hydrogen-bond donors (Lipinski definition) is 2. The highest BCUT2D eigenvalue weighted by atomic mass is 32.1. The van der Waals surface area contributed by atoms with Crippen molar-refractivity contribution in [2.45, 2.75) is 25.8 Å². The number of carbonyl (C=O) groups excluding carboxylic acids is 1. The first-order chi connectivity index (χ1) is 12.7. The van der Waals surface area contributed by atoms with Gasteiger partial charge in [0.25, 0.3) is 5.91 Å². The van der Waals surface area contributed by atoms with Crippen LogP contribution in [0.1, 0.15) is 28.2 Å². The van der Waals surface area contributed by atoms with Crippen LogP contribution in [0.15, 0.2) is 36.7 Å². The van der Waals surface area contributed by atoms with Crippen LogP contribution >= 0.6 is 11.3 Å². The van der Waals surface area contributed by atoms with Crippen LogP contribution in [0.5, 0.6) is 0 Å². The number of aryl methyl sites for hydroxylation is 1. The Kier molecular flexibility index (Phi) is 4.66. The lowest BCUT2D eigenvalue weighted by Crippen LogP contribution is -2.48. The quantitative estimate of drug-likeness (QED) is 0.739. The number of H-pyrrole nitrogens is 1. The Morgan fingerprint density at radius 2 is 2.19 bits per heavy atom. The molecule has 0 aliphatic carbocycles. The average Bonchev–Trinajstić information content (AvgIpc) is 3.32. The number of aromatic nitrogens is 4. The molecule has 1 saturated heterocycles. The van der Waals surface area contributed by atoms with E-state index >= 15 is 0 Å². The fourth-order valence-electron chi connectivity index (χ4n) is 3.13. The molecule has 3 aromatic heterocycles. The molecule has 1 aliphatic rings. The minimum Gasteiger partial charge on any atom is -0.346 e. The molecular formula is C18H20N6OS. The fraction of sp³-hybridized carbons (Fsp3) is 0.333. The first-order valence-corrected chi connectivity index (χ1v) is 9.46. The van der Waals surface area contributed by atoms with Crippen LogP contribution in [0.4, 0.5) is 5.95 Å². The zero-order chi connectivity index (χ0) is 17.9. The fourth-order valence-corrected chi connectivity index (χ4v) is 3.97. The second-order valence-corrected chi connectivity index (χ2v) is 7.67. The molecule has 2 N–H and O–H groups in total. The van der Waals surface area contributed by atoms with E-state index in [0.29, 0.717) is 18.2 Å². The lowest BCUT2D eigenvalue weighted by molar-refractivity contribution is 0.0928. The van der Waals surface area contributed by atoms with Gasteiger partial charge < -0.3 is 10.2 Å². The monoisotopic (exact) mass is 368 g/mol. The van der Waals surface area contributed by atoms with Crippen molar-refractivity contribution in [2.75, 3.05) is 18.0 Å². The molecule has 134 valence electrons. The van der Waals surface area contributed by atoms with Crippen LogP contribution in [0.3, 0.4) is 0 Å². The highest BCUT2D eigenvalue weighted by Crippen LogP contribution is 2.26. The molecule has 0 unspecified atom stereocenters. The van der Waals surface area contributed by atoms with Crippen molar-refractivity contribution >= 4 is 23.2 Å². The van der Waals surface area contributed by atoms with Crippen LogP contribution in [0.2, 0.25) is 0 Å².